The van der Waals surface area contributed by atoms with Crippen LogP contribution in [0.5, 0.6) is 0 Å². The molecule has 0 saturated heterocycles. The van der Waals surface area contributed by atoms with Gasteiger partial charge >= 0.3 is 39.9 Å². The Hall–Kier alpha value is 0.01000. The zero-order valence-electron chi connectivity index (χ0n) is 3.27. The van der Waals surface area contributed by atoms with E-state index in [1.165, 1.54) is 0 Å². The van der Waals surface area contributed by atoms with Crippen molar-refractivity contribution < 1.29 is 25.8 Å². The first-order chi connectivity index (χ1) is 3.25. The summed E-state index contributed by atoms with van der Waals surface area (Å²) in [6.07, 6.45) is 0. The molecule has 0 N–H and O–H groups in total. The van der Waals surface area contributed by atoms with Gasteiger partial charge in [0.15, 0.2) is 0 Å². The first kappa shape index (κ1) is 8.01. The fourth-order valence-corrected chi connectivity index (χ4v) is 0. The van der Waals surface area contributed by atoms with Crippen LogP contribution in [0.2, 0.25) is 0 Å². The standard InChI is InChI=1S/CHF6P/c2-1(3,4)8(5,6)7/h8H. The summed E-state index contributed by atoms with van der Waals surface area (Å²) < 4.78 is 63.2. The molecule has 0 aromatic rings. The third-order valence-corrected chi connectivity index (χ3v) is 0.964. The quantitative estimate of drug-likeness (QED) is 0.375. The zero-order valence-corrected chi connectivity index (χ0v) is 4.27. The van der Waals surface area contributed by atoms with E-state index >= 15 is 0 Å². The van der Waals surface area contributed by atoms with Gasteiger partial charge in [0.25, 0.3) is 0 Å². The summed E-state index contributed by atoms with van der Waals surface area (Å²) >= 11 is 0. The third kappa shape index (κ3) is 1.86. The van der Waals surface area contributed by atoms with Crippen molar-refractivity contribution >= 4 is 8.19 Å². The molecular formula is CHF6P. The van der Waals surface area contributed by atoms with Gasteiger partial charge in [0, 0.05) is 0 Å². The van der Waals surface area contributed by atoms with Crippen molar-refractivity contribution in [2.45, 2.75) is 5.92 Å². The van der Waals surface area contributed by atoms with Crippen LogP contribution in [0.3, 0.4) is 0 Å². The molecule has 0 aliphatic heterocycles. The fraction of sp³-hybridized carbons (Fsp3) is 1.00. The fourth-order valence-electron chi connectivity index (χ4n) is 0. The molecule has 52 valence electrons. The van der Waals surface area contributed by atoms with E-state index in [0.29, 0.717) is 0 Å². The Bertz CT molecular complexity index is 63.5. The van der Waals surface area contributed by atoms with Crippen molar-refractivity contribution in [1.29, 1.82) is 0 Å². The second-order valence-corrected chi connectivity index (χ2v) is 2.56. The van der Waals surface area contributed by atoms with Gasteiger partial charge in [0.2, 0.25) is 0 Å². The van der Waals surface area contributed by atoms with Crippen LogP contribution in [-0.4, -0.2) is 5.92 Å². The van der Waals surface area contributed by atoms with Gasteiger partial charge in [-0.05, 0) is 0 Å². The monoisotopic (exact) mass is 158 g/mol. The molecule has 0 amide bonds. The normalized spacial score (nSPS) is 16.2. The van der Waals surface area contributed by atoms with E-state index in [9.17, 15) is 25.8 Å². The first-order valence-electron chi connectivity index (χ1n) is 1.38. The average Bonchev–Trinajstić information content (AvgIpc) is 1.25. The predicted octanol–water partition coefficient (Wildman–Crippen LogP) is 2.91. The second-order valence-electron chi connectivity index (χ2n) is 0.996. The molecule has 0 aromatic heterocycles. The summed E-state index contributed by atoms with van der Waals surface area (Å²) in [4.78, 5) is 0. The van der Waals surface area contributed by atoms with E-state index in [4.69, 9.17) is 0 Å². The topological polar surface area (TPSA) is 0 Å². The summed E-state index contributed by atoms with van der Waals surface area (Å²) in [5.41, 5.74) is 0. The molecule has 0 heterocycles. The molecule has 0 nitrogen and oxygen atoms in total. The van der Waals surface area contributed by atoms with Gasteiger partial charge in [-0.25, -0.2) is 0 Å². The van der Waals surface area contributed by atoms with Gasteiger partial charge in [-0.1, -0.05) is 0 Å². The van der Waals surface area contributed by atoms with Crippen LogP contribution in [0.25, 0.3) is 0 Å². The Kier molecular flexibility index (Phi) is 1.76. The maximum absolute atomic E-state index is 10.6. The number of rotatable bonds is 0. The maximum atomic E-state index is 10.6. The molecule has 0 unspecified atom stereocenters. The van der Waals surface area contributed by atoms with E-state index < -0.39 is 14.1 Å². The summed E-state index contributed by atoms with van der Waals surface area (Å²) in [7, 11) is -7.36. The van der Waals surface area contributed by atoms with Crippen LogP contribution in [0.1, 0.15) is 0 Å². The van der Waals surface area contributed by atoms with Gasteiger partial charge in [-0.2, -0.15) is 0 Å². The molecule has 7 heteroatoms. The van der Waals surface area contributed by atoms with Crippen molar-refractivity contribution in [3.8, 4) is 0 Å². The molecule has 0 fully saturated rings. The molecule has 0 aliphatic carbocycles. The van der Waals surface area contributed by atoms with Crippen molar-refractivity contribution in [2.75, 3.05) is 0 Å². The summed E-state index contributed by atoms with van der Waals surface area (Å²) in [5.74, 6) is -5.92. The SMILES string of the molecule is FC(F)(F)[PH](F)(F)F. The van der Waals surface area contributed by atoms with Crippen LogP contribution in [0.4, 0.5) is 25.8 Å². The Balaban J connectivity index is 4.02. The number of alkyl halides is 3. The van der Waals surface area contributed by atoms with Crippen LogP contribution in [0.15, 0.2) is 0 Å². The zero-order chi connectivity index (χ0) is 7.00. The Morgan fingerprint density at radius 2 is 1.00 bits per heavy atom. The molecule has 0 saturated carbocycles. The molecule has 0 bridgehead atoms. The van der Waals surface area contributed by atoms with Crippen molar-refractivity contribution in [2.24, 2.45) is 0 Å². The predicted molar refractivity (Wildman–Crippen MR) is 17.7 cm³/mol. The summed E-state index contributed by atoms with van der Waals surface area (Å²) in [5, 5.41) is 0. The molecule has 0 rings (SSSR count). The summed E-state index contributed by atoms with van der Waals surface area (Å²) in [6.45, 7) is 0. The third-order valence-electron chi connectivity index (χ3n) is 0.321. The van der Waals surface area contributed by atoms with E-state index in [1.807, 2.05) is 0 Å². The molecule has 0 atom stereocenters. The number of hydrogen-bond acceptors (Lipinski definition) is 0. The molecule has 0 radical (unpaired) electrons. The van der Waals surface area contributed by atoms with E-state index in [0.717, 1.165) is 0 Å². The molecule has 0 aliphatic rings. The number of halogens is 6. The van der Waals surface area contributed by atoms with Gasteiger partial charge in [0.05, 0.1) is 0 Å². The van der Waals surface area contributed by atoms with E-state index in [1.54, 1.807) is 0 Å². The van der Waals surface area contributed by atoms with Crippen LogP contribution >= 0.6 is 8.19 Å². The van der Waals surface area contributed by atoms with Crippen LogP contribution < -0.4 is 0 Å². The van der Waals surface area contributed by atoms with Gasteiger partial charge in [-0.3, -0.25) is 0 Å². The van der Waals surface area contributed by atoms with Crippen LogP contribution in [0, 0.1) is 0 Å². The Morgan fingerprint density at radius 1 is 0.875 bits per heavy atom. The molecular weight excluding hydrogens is 157 g/mol. The van der Waals surface area contributed by atoms with Crippen molar-refractivity contribution in [3.05, 3.63) is 0 Å². The molecule has 0 aromatic carbocycles. The van der Waals surface area contributed by atoms with Crippen LogP contribution in [-0.2, 0) is 0 Å². The van der Waals surface area contributed by atoms with E-state index in [2.05, 4.69) is 0 Å². The summed E-state index contributed by atoms with van der Waals surface area (Å²) in [6, 6.07) is 0. The van der Waals surface area contributed by atoms with Gasteiger partial charge in [-0.15, -0.1) is 0 Å². The van der Waals surface area contributed by atoms with Crippen molar-refractivity contribution in [3.63, 3.8) is 0 Å². The van der Waals surface area contributed by atoms with Gasteiger partial charge in [0.1, 0.15) is 0 Å². The number of hydrogen-bond donors (Lipinski definition) is 0. The molecule has 0 spiro atoms. The Labute approximate surface area is 41.2 Å². The minimum absolute atomic E-state index is 5.92. The Morgan fingerprint density at radius 3 is 1.00 bits per heavy atom. The van der Waals surface area contributed by atoms with E-state index in [-0.39, 0.29) is 0 Å². The minimum atomic E-state index is -7.36. The van der Waals surface area contributed by atoms with Crippen molar-refractivity contribution in [1.82, 2.24) is 0 Å². The average molecular weight is 158 g/mol. The first-order valence-corrected chi connectivity index (χ1v) is 3.02. The second kappa shape index (κ2) is 1.76. The molecule has 8 heavy (non-hydrogen) atoms. The van der Waals surface area contributed by atoms with Gasteiger partial charge < -0.3 is 0 Å².